The van der Waals surface area contributed by atoms with E-state index in [2.05, 4.69) is 10.3 Å². The number of hydrogen-bond acceptors (Lipinski definition) is 4. The number of benzene rings is 1. The predicted octanol–water partition coefficient (Wildman–Crippen LogP) is 0.916. The molecule has 0 spiro atoms. The minimum Gasteiger partial charge on any atom is -0.491 e. The van der Waals surface area contributed by atoms with Crippen LogP contribution in [0, 0.1) is 0 Å². The third-order valence-electron chi connectivity index (χ3n) is 3.99. The van der Waals surface area contributed by atoms with Crippen LogP contribution in [0.4, 0.5) is 0 Å². The van der Waals surface area contributed by atoms with Gasteiger partial charge in [0.15, 0.2) is 0 Å². The van der Waals surface area contributed by atoms with Crippen molar-refractivity contribution in [2.45, 2.75) is 13.0 Å². The molecule has 0 bridgehead atoms. The van der Waals surface area contributed by atoms with Crippen LogP contribution in [0.3, 0.4) is 0 Å². The normalized spacial score (nSPS) is 13.4. The Hall–Kier alpha value is -3.09. The predicted molar refractivity (Wildman–Crippen MR) is 91.4 cm³/mol. The number of nitrogens with zero attached hydrogens (tertiary/aromatic N) is 1. The van der Waals surface area contributed by atoms with Crippen LogP contribution in [0.1, 0.15) is 22.3 Å². The molecule has 1 aliphatic heterocycles. The van der Waals surface area contributed by atoms with Crippen molar-refractivity contribution < 1.29 is 14.3 Å². The first-order valence-electron chi connectivity index (χ1n) is 8.09. The maximum Gasteiger partial charge on any atom is 0.260 e. The van der Waals surface area contributed by atoms with E-state index in [-0.39, 0.29) is 24.4 Å². The number of carbonyl (C=O) groups is 2. The summed E-state index contributed by atoms with van der Waals surface area (Å²) >= 11 is 0. The molecule has 3 rings (SSSR count). The Balaban J connectivity index is 1.54. The summed E-state index contributed by atoms with van der Waals surface area (Å²) < 4.78 is 5.64. The van der Waals surface area contributed by atoms with Crippen molar-refractivity contribution in [3.8, 4) is 5.75 Å². The van der Waals surface area contributed by atoms with Crippen molar-refractivity contribution in [1.82, 2.24) is 15.2 Å². The summed E-state index contributed by atoms with van der Waals surface area (Å²) in [6.45, 7) is 1.60. The van der Waals surface area contributed by atoms with Crippen LogP contribution in [0.15, 0.2) is 47.4 Å². The summed E-state index contributed by atoms with van der Waals surface area (Å²) in [5.74, 6) is 0.246. The smallest absolute Gasteiger partial charge is 0.260 e. The number of nitrogens with one attached hydrogen (secondary N) is 2. The first-order valence-corrected chi connectivity index (χ1v) is 8.09. The summed E-state index contributed by atoms with van der Waals surface area (Å²) in [4.78, 5) is 40.1. The van der Waals surface area contributed by atoms with Gasteiger partial charge in [0, 0.05) is 31.3 Å². The molecular formula is C18H19N3O4. The maximum absolute atomic E-state index is 12.4. The fraction of sp³-hybridized carbons (Fsp3) is 0.278. The highest BCUT2D eigenvalue weighted by molar-refractivity contribution is 5.94. The van der Waals surface area contributed by atoms with E-state index < -0.39 is 11.5 Å². The number of hydrogen-bond donors (Lipinski definition) is 2. The van der Waals surface area contributed by atoms with Gasteiger partial charge in [-0.1, -0.05) is 18.2 Å². The van der Waals surface area contributed by atoms with E-state index in [0.29, 0.717) is 19.7 Å². The number of ether oxygens (including phenoxy) is 1. The largest absolute Gasteiger partial charge is 0.491 e. The number of H-pyrrole nitrogens is 1. The third-order valence-corrected chi connectivity index (χ3v) is 3.99. The van der Waals surface area contributed by atoms with E-state index in [1.807, 2.05) is 24.3 Å². The van der Waals surface area contributed by atoms with Gasteiger partial charge in [0.1, 0.15) is 17.9 Å². The first-order chi connectivity index (χ1) is 12.1. The number of rotatable bonds is 4. The molecule has 0 saturated carbocycles. The average Bonchev–Trinajstić information content (AvgIpc) is 2.84. The van der Waals surface area contributed by atoms with E-state index in [1.54, 1.807) is 11.0 Å². The zero-order valence-electron chi connectivity index (χ0n) is 13.7. The average molecular weight is 341 g/mol. The molecule has 7 heteroatoms. The second kappa shape index (κ2) is 7.65. The number of amides is 2. The number of pyridine rings is 1. The van der Waals surface area contributed by atoms with Crippen molar-refractivity contribution >= 4 is 11.8 Å². The standard InChI is InChI=1S/C18H19N3O4/c22-16(7-9-20-18(24)14-5-3-8-19-17(14)23)21-10-11-25-15-6-2-1-4-13(15)12-21/h1-6,8H,7,9-12H2,(H,19,23)(H,20,24). The Kier molecular flexibility index (Phi) is 5.13. The van der Waals surface area contributed by atoms with Crippen LogP contribution < -0.4 is 15.6 Å². The fourth-order valence-corrected chi connectivity index (χ4v) is 2.68. The van der Waals surface area contributed by atoms with Gasteiger partial charge in [0.2, 0.25) is 5.91 Å². The lowest BCUT2D eigenvalue weighted by Crippen LogP contribution is -2.36. The van der Waals surface area contributed by atoms with Gasteiger partial charge in [0.25, 0.3) is 11.5 Å². The topological polar surface area (TPSA) is 91.5 Å². The highest BCUT2D eigenvalue weighted by atomic mass is 16.5. The molecule has 2 amide bonds. The zero-order valence-corrected chi connectivity index (χ0v) is 13.7. The summed E-state index contributed by atoms with van der Waals surface area (Å²) in [5, 5.41) is 2.61. The van der Waals surface area contributed by atoms with Gasteiger partial charge in [-0.05, 0) is 18.2 Å². The van der Waals surface area contributed by atoms with Crippen molar-refractivity contribution in [3.05, 3.63) is 64.1 Å². The second-order valence-corrected chi connectivity index (χ2v) is 5.69. The molecule has 25 heavy (non-hydrogen) atoms. The van der Waals surface area contributed by atoms with E-state index >= 15 is 0 Å². The molecule has 2 aromatic rings. The molecule has 0 aliphatic carbocycles. The summed E-state index contributed by atoms with van der Waals surface area (Å²) in [5.41, 5.74) is 0.549. The molecule has 0 fully saturated rings. The zero-order chi connectivity index (χ0) is 17.6. The molecule has 0 radical (unpaired) electrons. The Morgan fingerprint density at radius 2 is 2.04 bits per heavy atom. The molecular weight excluding hydrogens is 322 g/mol. The van der Waals surface area contributed by atoms with Crippen molar-refractivity contribution in [2.75, 3.05) is 19.7 Å². The van der Waals surface area contributed by atoms with E-state index in [1.165, 1.54) is 12.3 Å². The third kappa shape index (κ3) is 4.06. The maximum atomic E-state index is 12.4. The Morgan fingerprint density at radius 1 is 1.20 bits per heavy atom. The number of aromatic amines is 1. The van der Waals surface area contributed by atoms with E-state index in [0.717, 1.165) is 11.3 Å². The SMILES string of the molecule is O=C(NCCC(=O)N1CCOc2ccccc2C1)c1ccc[nH]c1=O. The van der Waals surface area contributed by atoms with Crippen LogP contribution in [0.5, 0.6) is 5.75 Å². The molecule has 0 unspecified atom stereocenters. The summed E-state index contributed by atoms with van der Waals surface area (Å²) in [6, 6.07) is 10.7. The van der Waals surface area contributed by atoms with Crippen molar-refractivity contribution in [3.63, 3.8) is 0 Å². The lowest BCUT2D eigenvalue weighted by Gasteiger charge is -2.20. The molecule has 1 aromatic heterocycles. The number of para-hydroxylation sites is 1. The highest BCUT2D eigenvalue weighted by Gasteiger charge is 2.19. The molecule has 1 aliphatic rings. The molecule has 0 saturated heterocycles. The van der Waals surface area contributed by atoms with E-state index in [4.69, 9.17) is 4.74 Å². The quantitative estimate of drug-likeness (QED) is 0.865. The minimum absolute atomic E-state index is 0.0343. The number of aromatic nitrogens is 1. The van der Waals surface area contributed by atoms with Gasteiger partial charge in [-0.2, -0.15) is 0 Å². The molecule has 2 N–H and O–H groups in total. The minimum atomic E-state index is -0.487. The Labute approximate surface area is 144 Å². The Morgan fingerprint density at radius 3 is 2.88 bits per heavy atom. The van der Waals surface area contributed by atoms with Gasteiger partial charge in [-0.3, -0.25) is 14.4 Å². The highest BCUT2D eigenvalue weighted by Crippen LogP contribution is 2.22. The van der Waals surface area contributed by atoms with Gasteiger partial charge >= 0.3 is 0 Å². The molecule has 1 aromatic carbocycles. The van der Waals surface area contributed by atoms with Gasteiger partial charge in [-0.25, -0.2) is 0 Å². The number of fused-ring (bicyclic) bond motifs is 1. The van der Waals surface area contributed by atoms with Crippen LogP contribution in [-0.4, -0.2) is 41.4 Å². The number of carbonyl (C=O) groups excluding carboxylic acids is 2. The van der Waals surface area contributed by atoms with Gasteiger partial charge < -0.3 is 19.9 Å². The van der Waals surface area contributed by atoms with Crippen LogP contribution in [0.2, 0.25) is 0 Å². The molecule has 2 heterocycles. The Bertz CT molecular complexity index is 831. The van der Waals surface area contributed by atoms with Crippen LogP contribution in [-0.2, 0) is 11.3 Å². The van der Waals surface area contributed by atoms with Crippen LogP contribution >= 0.6 is 0 Å². The van der Waals surface area contributed by atoms with Crippen LogP contribution in [0.25, 0.3) is 0 Å². The molecule has 0 atom stereocenters. The van der Waals surface area contributed by atoms with Gasteiger partial charge in [0.05, 0.1) is 6.54 Å². The lowest BCUT2D eigenvalue weighted by atomic mass is 10.2. The summed E-state index contributed by atoms with van der Waals surface area (Å²) in [7, 11) is 0. The van der Waals surface area contributed by atoms with Gasteiger partial charge in [-0.15, -0.1) is 0 Å². The van der Waals surface area contributed by atoms with E-state index in [9.17, 15) is 14.4 Å². The molecule has 7 nitrogen and oxygen atoms in total. The van der Waals surface area contributed by atoms with Crippen molar-refractivity contribution in [2.24, 2.45) is 0 Å². The summed E-state index contributed by atoms with van der Waals surface area (Å²) in [6.07, 6.45) is 1.63. The van der Waals surface area contributed by atoms with Crippen molar-refractivity contribution in [1.29, 1.82) is 0 Å². The second-order valence-electron chi connectivity index (χ2n) is 5.69. The lowest BCUT2D eigenvalue weighted by molar-refractivity contribution is -0.131. The monoisotopic (exact) mass is 341 g/mol. The molecule has 130 valence electrons. The fourth-order valence-electron chi connectivity index (χ4n) is 2.68. The first kappa shape index (κ1) is 16.8.